The van der Waals surface area contributed by atoms with Crippen LogP contribution in [-0.2, 0) is 0 Å². The van der Waals surface area contributed by atoms with E-state index in [1.807, 2.05) is 44.2 Å². The van der Waals surface area contributed by atoms with Crippen LogP contribution >= 0.6 is 11.3 Å². The van der Waals surface area contributed by atoms with Gasteiger partial charge >= 0.3 is 0 Å². The molecular formula is C18H20OS. The Morgan fingerprint density at radius 1 is 1.15 bits per heavy atom. The van der Waals surface area contributed by atoms with Gasteiger partial charge in [0.1, 0.15) is 0 Å². The SMILES string of the molecule is C/C=C/C=c1/c(=O)c2c(s/c1=C/C)C=CC(C)(C)C=C2. The summed E-state index contributed by atoms with van der Waals surface area (Å²) in [6, 6.07) is 0. The summed E-state index contributed by atoms with van der Waals surface area (Å²) in [4.78, 5) is 13.7. The minimum absolute atomic E-state index is 0.0124. The second kappa shape index (κ2) is 5.76. The monoisotopic (exact) mass is 284 g/mol. The molecule has 0 fully saturated rings. The molecule has 0 atom stereocenters. The second-order valence-corrected chi connectivity index (χ2v) is 6.54. The van der Waals surface area contributed by atoms with Gasteiger partial charge in [0.25, 0.3) is 0 Å². The van der Waals surface area contributed by atoms with E-state index in [1.54, 1.807) is 11.3 Å². The van der Waals surface area contributed by atoms with E-state index in [-0.39, 0.29) is 10.8 Å². The number of hydrogen-bond donors (Lipinski definition) is 0. The van der Waals surface area contributed by atoms with E-state index in [9.17, 15) is 4.79 Å². The minimum atomic E-state index is -0.0124. The standard InChI is InChI=1S/C18H20OS/c1-5-7-8-13-15(6-2)20-16-10-12-18(3,4)11-9-14(16)17(13)19/h5-12H,1-4H3/b7-5+,13-8+,15-6+. The highest BCUT2D eigenvalue weighted by molar-refractivity contribution is 7.10. The van der Waals surface area contributed by atoms with Crippen molar-refractivity contribution in [2.75, 3.05) is 0 Å². The van der Waals surface area contributed by atoms with Gasteiger partial charge in [0.15, 0.2) is 5.43 Å². The van der Waals surface area contributed by atoms with Gasteiger partial charge in [-0.2, -0.15) is 0 Å². The van der Waals surface area contributed by atoms with E-state index in [0.29, 0.717) is 0 Å². The first-order valence-corrected chi connectivity index (χ1v) is 7.65. The molecule has 0 saturated carbocycles. The third-order valence-corrected chi connectivity index (χ3v) is 4.55. The molecule has 1 aliphatic rings. The van der Waals surface area contributed by atoms with Gasteiger partial charge in [0.05, 0.1) is 0 Å². The lowest BCUT2D eigenvalue weighted by molar-refractivity contribution is 0.633. The molecule has 104 valence electrons. The van der Waals surface area contributed by atoms with Crippen LogP contribution in [0.15, 0.2) is 29.1 Å². The van der Waals surface area contributed by atoms with E-state index in [2.05, 4.69) is 32.1 Å². The van der Waals surface area contributed by atoms with Crippen LogP contribution in [0.3, 0.4) is 0 Å². The Hall–Kier alpha value is -1.67. The molecular weight excluding hydrogens is 264 g/mol. The van der Waals surface area contributed by atoms with E-state index in [1.165, 1.54) is 0 Å². The van der Waals surface area contributed by atoms with Crippen LogP contribution in [0.2, 0.25) is 0 Å². The maximum atomic E-state index is 12.7. The van der Waals surface area contributed by atoms with E-state index in [4.69, 9.17) is 0 Å². The first kappa shape index (κ1) is 14.7. The highest BCUT2D eigenvalue weighted by Crippen LogP contribution is 2.26. The molecule has 1 aliphatic carbocycles. The molecule has 0 unspecified atom stereocenters. The normalized spacial score (nSPS) is 18.6. The maximum absolute atomic E-state index is 12.7. The molecule has 0 N–H and O–H groups in total. The summed E-state index contributed by atoms with van der Waals surface area (Å²) in [5, 5.41) is 0.784. The van der Waals surface area contributed by atoms with Gasteiger partial charge in [-0.05, 0) is 26.0 Å². The number of fused-ring (bicyclic) bond motifs is 1. The molecule has 0 amide bonds. The van der Waals surface area contributed by atoms with Crippen LogP contribution in [0.1, 0.15) is 38.1 Å². The molecule has 0 spiro atoms. The Kier molecular flexibility index (Phi) is 4.24. The average Bonchev–Trinajstić information content (AvgIpc) is 2.57. The summed E-state index contributed by atoms with van der Waals surface area (Å²) in [7, 11) is 0. The van der Waals surface area contributed by atoms with Crippen molar-refractivity contribution in [3.05, 3.63) is 54.7 Å². The average molecular weight is 284 g/mol. The molecule has 20 heavy (non-hydrogen) atoms. The lowest BCUT2D eigenvalue weighted by Gasteiger charge is -2.11. The van der Waals surface area contributed by atoms with Crippen molar-refractivity contribution in [2.45, 2.75) is 27.7 Å². The molecule has 2 heteroatoms. The van der Waals surface area contributed by atoms with Crippen molar-refractivity contribution in [3.8, 4) is 0 Å². The van der Waals surface area contributed by atoms with Gasteiger partial charge in [-0.15, -0.1) is 11.3 Å². The van der Waals surface area contributed by atoms with Crippen molar-refractivity contribution in [2.24, 2.45) is 5.41 Å². The second-order valence-electron chi connectivity index (χ2n) is 5.46. The lowest BCUT2D eigenvalue weighted by atomic mass is 9.93. The molecule has 0 saturated heterocycles. The predicted octanol–water partition coefficient (Wildman–Crippen LogP) is 3.33. The molecule has 1 aromatic rings. The molecule has 0 aliphatic heterocycles. The summed E-state index contributed by atoms with van der Waals surface area (Å²) in [5.41, 5.74) is 0.906. The van der Waals surface area contributed by atoms with Crippen molar-refractivity contribution in [1.82, 2.24) is 0 Å². The first-order valence-electron chi connectivity index (χ1n) is 6.83. The van der Waals surface area contributed by atoms with Crippen LogP contribution in [-0.4, -0.2) is 0 Å². The Morgan fingerprint density at radius 3 is 2.50 bits per heavy atom. The van der Waals surface area contributed by atoms with Gasteiger partial charge in [-0.25, -0.2) is 0 Å². The van der Waals surface area contributed by atoms with E-state index in [0.717, 1.165) is 20.2 Å². The molecule has 0 radical (unpaired) electrons. The fourth-order valence-electron chi connectivity index (χ4n) is 2.09. The zero-order valence-corrected chi connectivity index (χ0v) is 13.3. The van der Waals surface area contributed by atoms with Crippen molar-refractivity contribution < 1.29 is 0 Å². The molecule has 1 heterocycles. The van der Waals surface area contributed by atoms with E-state index >= 15 is 0 Å². The fraction of sp³-hybridized carbons (Fsp3) is 0.278. The van der Waals surface area contributed by atoms with Crippen LogP contribution < -0.4 is 15.2 Å². The smallest absolute Gasteiger partial charge is 0.195 e. The Labute approximate surface area is 124 Å². The van der Waals surface area contributed by atoms with Gasteiger partial charge in [0, 0.05) is 25.6 Å². The molecule has 0 aromatic carbocycles. The van der Waals surface area contributed by atoms with Crippen LogP contribution in [0.25, 0.3) is 24.3 Å². The molecule has 0 bridgehead atoms. The Morgan fingerprint density at radius 2 is 1.85 bits per heavy atom. The minimum Gasteiger partial charge on any atom is -0.289 e. The third-order valence-electron chi connectivity index (χ3n) is 3.30. The van der Waals surface area contributed by atoms with Gasteiger partial charge < -0.3 is 0 Å². The number of hydrogen-bond acceptors (Lipinski definition) is 2. The fourth-order valence-corrected chi connectivity index (χ4v) is 3.12. The van der Waals surface area contributed by atoms with Crippen LogP contribution in [0.5, 0.6) is 0 Å². The summed E-state index contributed by atoms with van der Waals surface area (Å²) >= 11 is 1.67. The van der Waals surface area contributed by atoms with Crippen LogP contribution in [0.4, 0.5) is 0 Å². The Bertz CT molecular complexity index is 771. The predicted molar refractivity (Wildman–Crippen MR) is 91.1 cm³/mol. The zero-order valence-electron chi connectivity index (χ0n) is 12.4. The third kappa shape index (κ3) is 2.91. The summed E-state index contributed by atoms with van der Waals surface area (Å²) in [6.45, 7) is 8.21. The van der Waals surface area contributed by atoms with Gasteiger partial charge in [-0.3, -0.25) is 4.79 Å². The first-order chi connectivity index (χ1) is 9.48. The molecule has 1 nitrogen and oxygen atoms in total. The summed E-state index contributed by atoms with van der Waals surface area (Å²) in [6.07, 6.45) is 16.1. The lowest BCUT2D eigenvalue weighted by Crippen LogP contribution is -2.38. The Balaban J connectivity index is 2.86. The summed E-state index contributed by atoms with van der Waals surface area (Å²) in [5.74, 6) is 0. The van der Waals surface area contributed by atoms with Crippen molar-refractivity contribution >= 4 is 35.6 Å². The molecule has 2 rings (SSSR count). The zero-order chi connectivity index (χ0) is 14.8. The van der Waals surface area contributed by atoms with Gasteiger partial charge in [-0.1, -0.05) is 50.3 Å². The van der Waals surface area contributed by atoms with E-state index < -0.39 is 0 Å². The van der Waals surface area contributed by atoms with Crippen molar-refractivity contribution in [3.63, 3.8) is 0 Å². The molecule has 1 aromatic heterocycles. The van der Waals surface area contributed by atoms with Gasteiger partial charge in [0.2, 0.25) is 0 Å². The number of allylic oxidation sites excluding steroid dienone is 4. The largest absolute Gasteiger partial charge is 0.289 e. The van der Waals surface area contributed by atoms with Crippen molar-refractivity contribution in [1.29, 1.82) is 0 Å². The topological polar surface area (TPSA) is 17.1 Å². The highest BCUT2D eigenvalue weighted by Gasteiger charge is 2.15. The quantitative estimate of drug-likeness (QED) is 0.773. The highest BCUT2D eigenvalue weighted by atomic mass is 32.1. The van der Waals surface area contributed by atoms with Crippen LogP contribution in [0, 0.1) is 5.41 Å². The number of rotatable bonds is 1. The summed E-state index contributed by atoms with van der Waals surface area (Å²) < 4.78 is 1.03. The maximum Gasteiger partial charge on any atom is 0.195 e.